The number of nitrogens with two attached hydrogens (primary N) is 1. The molecular formula is C12H18N2O. The highest BCUT2D eigenvalue weighted by atomic mass is 16.3. The molecule has 0 bridgehead atoms. The average molecular weight is 206 g/mol. The lowest BCUT2D eigenvalue weighted by molar-refractivity contribution is 0.144. The van der Waals surface area contributed by atoms with E-state index >= 15 is 0 Å². The topological polar surface area (TPSA) is 58.3 Å². The summed E-state index contributed by atoms with van der Waals surface area (Å²) in [4.78, 5) is 0. The number of aliphatic hydroxyl groups is 1. The maximum atomic E-state index is 9.36. The van der Waals surface area contributed by atoms with Crippen molar-refractivity contribution in [3.63, 3.8) is 0 Å². The highest BCUT2D eigenvalue weighted by Gasteiger charge is 2.36. The Morgan fingerprint density at radius 2 is 2.20 bits per heavy atom. The molecule has 0 amide bonds. The normalized spacial score (nSPS) is 18.3. The number of rotatable bonds is 3. The van der Waals surface area contributed by atoms with Crippen LogP contribution in [0.4, 0.5) is 11.4 Å². The Morgan fingerprint density at radius 3 is 2.73 bits per heavy atom. The molecule has 0 saturated heterocycles. The Labute approximate surface area is 90.3 Å². The molecule has 0 heterocycles. The van der Waals surface area contributed by atoms with Gasteiger partial charge in [-0.15, -0.1) is 0 Å². The molecule has 2 rings (SSSR count). The Bertz CT molecular complexity index is 353. The highest BCUT2D eigenvalue weighted by Crippen LogP contribution is 2.36. The highest BCUT2D eigenvalue weighted by molar-refractivity contribution is 5.63. The van der Waals surface area contributed by atoms with Gasteiger partial charge in [-0.25, -0.2) is 0 Å². The predicted molar refractivity (Wildman–Crippen MR) is 62.9 cm³/mol. The van der Waals surface area contributed by atoms with Crippen molar-refractivity contribution in [2.24, 2.45) is 0 Å². The molecule has 1 aliphatic rings. The maximum Gasteiger partial charge on any atom is 0.0661 e. The zero-order valence-electron chi connectivity index (χ0n) is 9.09. The van der Waals surface area contributed by atoms with Crippen molar-refractivity contribution in [3.8, 4) is 0 Å². The van der Waals surface area contributed by atoms with Crippen LogP contribution in [-0.2, 0) is 0 Å². The summed E-state index contributed by atoms with van der Waals surface area (Å²) in [6, 6.07) is 5.85. The summed E-state index contributed by atoms with van der Waals surface area (Å²) in [5.74, 6) is 0. The van der Waals surface area contributed by atoms with Gasteiger partial charge < -0.3 is 16.2 Å². The Balaban J connectivity index is 2.20. The summed E-state index contributed by atoms with van der Waals surface area (Å²) in [7, 11) is 0. The number of hydrogen-bond acceptors (Lipinski definition) is 3. The van der Waals surface area contributed by atoms with Crippen LogP contribution in [0.25, 0.3) is 0 Å². The number of hydrogen-bond donors (Lipinski definition) is 3. The van der Waals surface area contributed by atoms with E-state index < -0.39 is 0 Å². The van der Waals surface area contributed by atoms with Gasteiger partial charge in [-0.1, -0.05) is 6.07 Å². The summed E-state index contributed by atoms with van der Waals surface area (Å²) in [5.41, 5.74) is 8.65. The average Bonchev–Trinajstić information content (AvgIpc) is 2.18. The van der Waals surface area contributed by atoms with Crippen LogP contribution in [0.5, 0.6) is 0 Å². The molecule has 1 aromatic rings. The predicted octanol–water partition coefficient (Wildman–Crippen LogP) is 1.90. The van der Waals surface area contributed by atoms with Crippen LogP contribution in [0.2, 0.25) is 0 Å². The molecule has 3 heteroatoms. The molecule has 1 aromatic carbocycles. The van der Waals surface area contributed by atoms with Crippen molar-refractivity contribution in [2.45, 2.75) is 31.7 Å². The molecule has 0 aromatic heterocycles. The van der Waals surface area contributed by atoms with Crippen LogP contribution < -0.4 is 11.1 Å². The Kier molecular flexibility index (Phi) is 2.57. The molecule has 82 valence electrons. The maximum absolute atomic E-state index is 9.36. The van der Waals surface area contributed by atoms with E-state index in [1.54, 1.807) is 0 Å². The first kappa shape index (κ1) is 10.3. The fraction of sp³-hybridized carbons (Fsp3) is 0.500. The molecule has 4 N–H and O–H groups in total. The largest absolute Gasteiger partial charge is 0.398 e. The van der Waals surface area contributed by atoms with Gasteiger partial charge in [-0.2, -0.15) is 0 Å². The number of anilines is 2. The second-order valence-electron chi connectivity index (χ2n) is 4.44. The van der Waals surface area contributed by atoms with Crippen molar-refractivity contribution in [3.05, 3.63) is 23.8 Å². The first-order valence-electron chi connectivity index (χ1n) is 5.41. The van der Waals surface area contributed by atoms with E-state index in [9.17, 15) is 5.11 Å². The smallest absolute Gasteiger partial charge is 0.0661 e. The third-order valence-electron chi connectivity index (χ3n) is 3.39. The van der Waals surface area contributed by atoms with Crippen molar-refractivity contribution in [1.82, 2.24) is 0 Å². The van der Waals surface area contributed by atoms with E-state index in [0.29, 0.717) is 0 Å². The monoisotopic (exact) mass is 206 g/mol. The molecule has 0 radical (unpaired) electrons. The standard InChI is InChI=1S/C12H18N2O/c1-9-10(13)4-2-5-11(9)14-12(8-15)6-3-7-12/h2,4-5,14-15H,3,6-8,13H2,1H3. The molecule has 0 aliphatic heterocycles. The van der Waals surface area contributed by atoms with Gasteiger partial charge in [0.25, 0.3) is 0 Å². The van der Waals surface area contributed by atoms with Gasteiger partial charge in [0.15, 0.2) is 0 Å². The van der Waals surface area contributed by atoms with Crippen LogP contribution in [0.3, 0.4) is 0 Å². The van der Waals surface area contributed by atoms with Crippen molar-refractivity contribution in [1.29, 1.82) is 0 Å². The van der Waals surface area contributed by atoms with E-state index in [1.807, 2.05) is 25.1 Å². The molecule has 1 fully saturated rings. The lowest BCUT2D eigenvalue weighted by atomic mass is 9.77. The van der Waals surface area contributed by atoms with Crippen LogP contribution in [0, 0.1) is 6.92 Å². The van der Waals surface area contributed by atoms with Crippen molar-refractivity contribution < 1.29 is 5.11 Å². The van der Waals surface area contributed by atoms with Crippen molar-refractivity contribution >= 4 is 11.4 Å². The molecular weight excluding hydrogens is 188 g/mol. The van der Waals surface area contributed by atoms with E-state index in [4.69, 9.17) is 5.73 Å². The lowest BCUT2D eigenvalue weighted by Gasteiger charge is -2.42. The fourth-order valence-electron chi connectivity index (χ4n) is 2.00. The minimum Gasteiger partial charge on any atom is -0.398 e. The number of aliphatic hydroxyl groups excluding tert-OH is 1. The summed E-state index contributed by atoms with van der Waals surface area (Å²) in [5, 5.41) is 12.8. The first-order valence-corrected chi connectivity index (χ1v) is 5.41. The van der Waals surface area contributed by atoms with Gasteiger partial charge in [0.2, 0.25) is 0 Å². The zero-order valence-corrected chi connectivity index (χ0v) is 9.09. The van der Waals surface area contributed by atoms with Gasteiger partial charge in [0.05, 0.1) is 12.1 Å². The van der Waals surface area contributed by atoms with Crippen LogP contribution >= 0.6 is 0 Å². The second kappa shape index (κ2) is 3.74. The van der Waals surface area contributed by atoms with E-state index in [0.717, 1.165) is 29.8 Å². The first-order chi connectivity index (χ1) is 7.17. The number of benzene rings is 1. The van der Waals surface area contributed by atoms with Gasteiger partial charge in [-0.3, -0.25) is 0 Å². The van der Waals surface area contributed by atoms with Crippen LogP contribution in [0.15, 0.2) is 18.2 Å². The fourth-order valence-corrected chi connectivity index (χ4v) is 2.00. The minimum atomic E-state index is -0.0987. The Hall–Kier alpha value is -1.22. The van der Waals surface area contributed by atoms with Gasteiger partial charge >= 0.3 is 0 Å². The van der Waals surface area contributed by atoms with Crippen LogP contribution in [-0.4, -0.2) is 17.3 Å². The third kappa shape index (κ3) is 1.79. The number of nitrogen functional groups attached to an aromatic ring is 1. The molecule has 0 unspecified atom stereocenters. The number of nitrogens with one attached hydrogen (secondary N) is 1. The summed E-state index contributed by atoms with van der Waals surface area (Å²) >= 11 is 0. The molecule has 0 atom stereocenters. The summed E-state index contributed by atoms with van der Waals surface area (Å²) in [6.07, 6.45) is 3.27. The van der Waals surface area contributed by atoms with Crippen molar-refractivity contribution in [2.75, 3.05) is 17.7 Å². The van der Waals surface area contributed by atoms with Gasteiger partial charge in [0, 0.05) is 11.4 Å². The molecule has 0 spiro atoms. The van der Waals surface area contributed by atoms with Gasteiger partial charge in [0.1, 0.15) is 0 Å². The van der Waals surface area contributed by atoms with Crippen LogP contribution in [0.1, 0.15) is 24.8 Å². The molecule has 3 nitrogen and oxygen atoms in total. The van der Waals surface area contributed by atoms with E-state index in [2.05, 4.69) is 5.32 Å². The van der Waals surface area contributed by atoms with E-state index in [-0.39, 0.29) is 12.1 Å². The second-order valence-corrected chi connectivity index (χ2v) is 4.44. The SMILES string of the molecule is Cc1c(N)cccc1NC1(CO)CCC1. The van der Waals surface area contributed by atoms with E-state index in [1.165, 1.54) is 6.42 Å². The molecule has 1 aliphatic carbocycles. The lowest BCUT2D eigenvalue weighted by Crippen LogP contribution is -2.48. The minimum absolute atomic E-state index is 0.0987. The molecule has 1 saturated carbocycles. The Morgan fingerprint density at radius 1 is 1.47 bits per heavy atom. The summed E-state index contributed by atoms with van der Waals surface area (Å²) in [6.45, 7) is 2.20. The summed E-state index contributed by atoms with van der Waals surface area (Å²) < 4.78 is 0. The third-order valence-corrected chi connectivity index (χ3v) is 3.39. The quantitative estimate of drug-likeness (QED) is 0.662. The van der Waals surface area contributed by atoms with Gasteiger partial charge in [-0.05, 0) is 43.9 Å². The molecule has 15 heavy (non-hydrogen) atoms. The zero-order chi connectivity index (χ0) is 10.9.